The lowest BCUT2D eigenvalue weighted by molar-refractivity contribution is -0.146. The fourth-order valence-corrected chi connectivity index (χ4v) is 1.77. The van der Waals surface area contributed by atoms with Gasteiger partial charge in [-0.25, -0.2) is 9.59 Å². The molecule has 16 heavy (non-hydrogen) atoms. The van der Waals surface area contributed by atoms with Crippen LogP contribution in [0, 0.1) is 0 Å². The number of carboxylic acids is 2. The maximum absolute atomic E-state index is 11.3. The molecule has 0 saturated carbocycles. The molecule has 5 nitrogen and oxygen atoms in total. The lowest BCUT2D eigenvalue weighted by atomic mass is 9.84. The Balaban J connectivity index is 3.27. The van der Waals surface area contributed by atoms with Crippen LogP contribution in [0.15, 0.2) is 23.4 Å². The van der Waals surface area contributed by atoms with Crippen molar-refractivity contribution in [3.63, 3.8) is 0 Å². The van der Waals surface area contributed by atoms with Crippen LogP contribution in [-0.2, 0) is 9.59 Å². The van der Waals surface area contributed by atoms with Gasteiger partial charge in [0, 0.05) is 5.70 Å². The molecule has 0 spiro atoms. The van der Waals surface area contributed by atoms with Gasteiger partial charge in [0.1, 0.15) is 0 Å². The van der Waals surface area contributed by atoms with Crippen LogP contribution in [-0.4, -0.2) is 27.7 Å². The smallest absolute Gasteiger partial charge is 0.334 e. The molecule has 0 aromatic carbocycles. The van der Waals surface area contributed by atoms with E-state index in [1.165, 1.54) is 6.08 Å². The molecule has 1 rings (SSSR count). The van der Waals surface area contributed by atoms with Crippen LogP contribution < -0.4 is 5.32 Å². The normalized spacial score (nSPS) is 24.1. The van der Waals surface area contributed by atoms with Gasteiger partial charge in [0.25, 0.3) is 0 Å². The van der Waals surface area contributed by atoms with E-state index in [1.807, 2.05) is 6.92 Å². The second-order valence-corrected chi connectivity index (χ2v) is 3.62. The topological polar surface area (TPSA) is 86.6 Å². The first kappa shape index (κ1) is 12.3. The lowest BCUT2D eigenvalue weighted by Crippen LogP contribution is -2.55. The van der Waals surface area contributed by atoms with Crippen molar-refractivity contribution >= 4 is 11.9 Å². The van der Waals surface area contributed by atoms with Crippen LogP contribution in [0.3, 0.4) is 0 Å². The molecule has 3 N–H and O–H groups in total. The van der Waals surface area contributed by atoms with Crippen LogP contribution in [0.5, 0.6) is 0 Å². The van der Waals surface area contributed by atoms with Gasteiger partial charge in [-0.3, -0.25) is 0 Å². The summed E-state index contributed by atoms with van der Waals surface area (Å²) in [5.41, 5.74) is -0.902. The molecular weight excluding hydrogens is 210 g/mol. The van der Waals surface area contributed by atoms with E-state index in [0.29, 0.717) is 6.42 Å². The summed E-state index contributed by atoms with van der Waals surface area (Å²) in [7, 11) is 0. The molecule has 1 aliphatic rings. The standard InChI is InChI=1S/C11H15NO4/c1-3-7-5-6-8(9(13)14)11(4-2,12-7)10(15)16/h5-6,12H,3-4H2,1-2H3,(H,13,14)(H,15,16). The average Bonchev–Trinajstić information content (AvgIpc) is 2.27. The van der Waals surface area contributed by atoms with Crippen LogP contribution in [0.2, 0.25) is 0 Å². The van der Waals surface area contributed by atoms with Crippen molar-refractivity contribution in [3.8, 4) is 0 Å². The van der Waals surface area contributed by atoms with Gasteiger partial charge in [-0.2, -0.15) is 0 Å². The highest BCUT2D eigenvalue weighted by molar-refractivity contribution is 6.00. The number of carbonyl (C=O) groups is 2. The summed E-state index contributed by atoms with van der Waals surface area (Å²) in [4.78, 5) is 22.3. The summed E-state index contributed by atoms with van der Waals surface area (Å²) in [5, 5.41) is 21.0. The van der Waals surface area contributed by atoms with Crippen LogP contribution in [0.4, 0.5) is 0 Å². The molecule has 0 aromatic heterocycles. The molecule has 1 aliphatic heterocycles. The second-order valence-electron chi connectivity index (χ2n) is 3.62. The van der Waals surface area contributed by atoms with Gasteiger partial charge < -0.3 is 15.5 Å². The first-order valence-electron chi connectivity index (χ1n) is 5.14. The molecule has 1 atom stereocenters. The summed E-state index contributed by atoms with van der Waals surface area (Å²) in [6, 6.07) is 0. The van der Waals surface area contributed by atoms with E-state index in [2.05, 4.69) is 5.32 Å². The number of hydrogen-bond acceptors (Lipinski definition) is 3. The average molecular weight is 225 g/mol. The Hall–Kier alpha value is -1.78. The van der Waals surface area contributed by atoms with Crippen molar-refractivity contribution in [2.45, 2.75) is 32.2 Å². The summed E-state index contributed by atoms with van der Waals surface area (Å²) in [5.74, 6) is -2.37. The Morgan fingerprint density at radius 3 is 2.31 bits per heavy atom. The number of carboxylic acid groups (broad SMARTS) is 2. The minimum absolute atomic E-state index is 0.125. The predicted octanol–water partition coefficient (Wildman–Crippen LogP) is 1.13. The largest absolute Gasteiger partial charge is 0.479 e. The molecule has 5 heteroatoms. The summed E-state index contributed by atoms with van der Waals surface area (Å²) in [6.07, 6.45) is 3.80. The van der Waals surface area contributed by atoms with E-state index in [1.54, 1.807) is 13.0 Å². The number of allylic oxidation sites excluding steroid dienone is 3. The zero-order valence-electron chi connectivity index (χ0n) is 9.28. The van der Waals surface area contributed by atoms with Crippen molar-refractivity contribution in [1.29, 1.82) is 0 Å². The highest BCUT2D eigenvalue weighted by atomic mass is 16.4. The molecule has 0 fully saturated rings. The fourth-order valence-electron chi connectivity index (χ4n) is 1.77. The van der Waals surface area contributed by atoms with Crippen molar-refractivity contribution in [2.24, 2.45) is 0 Å². The van der Waals surface area contributed by atoms with E-state index < -0.39 is 17.5 Å². The molecule has 0 aliphatic carbocycles. The highest BCUT2D eigenvalue weighted by Crippen LogP contribution is 2.27. The first-order chi connectivity index (χ1) is 7.47. The van der Waals surface area contributed by atoms with Crippen molar-refractivity contribution < 1.29 is 19.8 Å². The summed E-state index contributed by atoms with van der Waals surface area (Å²) >= 11 is 0. The molecule has 0 radical (unpaired) electrons. The second kappa shape index (κ2) is 4.38. The Bertz CT molecular complexity index is 383. The van der Waals surface area contributed by atoms with Gasteiger partial charge in [-0.1, -0.05) is 13.8 Å². The third-order valence-electron chi connectivity index (χ3n) is 2.79. The molecule has 88 valence electrons. The molecular formula is C11H15NO4. The Kier molecular flexibility index (Phi) is 3.37. The van der Waals surface area contributed by atoms with Gasteiger partial charge in [0.15, 0.2) is 5.54 Å². The van der Waals surface area contributed by atoms with Gasteiger partial charge in [-0.05, 0) is 25.0 Å². The van der Waals surface area contributed by atoms with E-state index in [0.717, 1.165) is 5.70 Å². The molecule has 0 saturated heterocycles. The number of hydrogen-bond donors (Lipinski definition) is 3. The molecule has 0 bridgehead atoms. The van der Waals surface area contributed by atoms with Crippen LogP contribution in [0.1, 0.15) is 26.7 Å². The van der Waals surface area contributed by atoms with Gasteiger partial charge in [0.2, 0.25) is 0 Å². The Morgan fingerprint density at radius 1 is 1.31 bits per heavy atom. The monoisotopic (exact) mass is 225 g/mol. The van der Waals surface area contributed by atoms with Gasteiger partial charge >= 0.3 is 11.9 Å². The molecule has 0 amide bonds. The van der Waals surface area contributed by atoms with E-state index in [4.69, 9.17) is 5.11 Å². The third-order valence-corrected chi connectivity index (χ3v) is 2.79. The van der Waals surface area contributed by atoms with Crippen LogP contribution in [0.25, 0.3) is 0 Å². The SMILES string of the molecule is CCC1=CC=C(C(=O)O)C(CC)(C(=O)O)N1. The van der Waals surface area contributed by atoms with Crippen LogP contribution >= 0.6 is 0 Å². The zero-order valence-corrected chi connectivity index (χ0v) is 9.28. The highest BCUT2D eigenvalue weighted by Gasteiger charge is 2.45. The number of nitrogens with one attached hydrogen (secondary N) is 1. The summed E-state index contributed by atoms with van der Waals surface area (Å²) < 4.78 is 0. The minimum atomic E-state index is -1.51. The molecule has 1 unspecified atom stereocenters. The van der Waals surface area contributed by atoms with Crippen molar-refractivity contribution in [3.05, 3.63) is 23.4 Å². The minimum Gasteiger partial charge on any atom is -0.479 e. The zero-order chi connectivity index (χ0) is 12.3. The third kappa shape index (κ3) is 1.80. The maximum Gasteiger partial charge on any atom is 0.334 e. The quantitative estimate of drug-likeness (QED) is 0.667. The first-order valence-corrected chi connectivity index (χ1v) is 5.14. The Morgan fingerprint density at radius 2 is 1.94 bits per heavy atom. The Labute approximate surface area is 93.5 Å². The summed E-state index contributed by atoms with van der Waals surface area (Å²) in [6.45, 7) is 3.53. The number of dihydropyridines is 1. The number of aliphatic carboxylic acids is 2. The maximum atomic E-state index is 11.3. The van der Waals surface area contributed by atoms with Gasteiger partial charge in [0.05, 0.1) is 5.57 Å². The van der Waals surface area contributed by atoms with Crippen molar-refractivity contribution in [2.75, 3.05) is 0 Å². The molecule has 1 heterocycles. The number of rotatable bonds is 4. The fraction of sp³-hybridized carbons (Fsp3) is 0.455. The van der Waals surface area contributed by atoms with Gasteiger partial charge in [-0.15, -0.1) is 0 Å². The lowest BCUT2D eigenvalue weighted by Gasteiger charge is -2.34. The van der Waals surface area contributed by atoms with E-state index in [-0.39, 0.29) is 12.0 Å². The van der Waals surface area contributed by atoms with Crippen molar-refractivity contribution in [1.82, 2.24) is 5.32 Å². The molecule has 0 aromatic rings. The van der Waals surface area contributed by atoms with E-state index in [9.17, 15) is 14.7 Å². The predicted molar refractivity (Wildman–Crippen MR) is 57.9 cm³/mol. The van der Waals surface area contributed by atoms with E-state index >= 15 is 0 Å².